The smallest absolute Gasteiger partial charge is 0.314 e. The molecule has 1 fully saturated rings. The van der Waals surface area contributed by atoms with E-state index in [4.69, 9.17) is 16.3 Å². The molecule has 1 heterocycles. The SMILES string of the molecule is O=C(NCCc1ccccc1Cl)NCCN1CCOCC1. The number of urea groups is 1. The van der Waals surface area contributed by atoms with Crippen molar-refractivity contribution in [3.05, 3.63) is 34.9 Å². The van der Waals surface area contributed by atoms with E-state index in [9.17, 15) is 4.79 Å². The minimum absolute atomic E-state index is 0.129. The van der Waals surface area contributed by atoms with E-state index in [1.165, 1.54) is 0 Å². The highest BCUT2D eigenvalue weighted by atomic mass is 35.5. The van der Waals surface area contributed by atoms with Gasteiger partial charge in [0.25, 0.3) is 0 Å². The molecule has 1 aliphatic rings. The largest absolute Gasteiger partial charge is 0.379 e. The summed E-state index contributed by atoms with van der Waals surface area (Å²) < 4.78 is 5.28. The Morgan fingerprint density at radius 3 is 2.67 bits per heavy atom. The molecule has 0 spiro atoms. The maximum atomic E-state index is 11.7. The van der Waals surface area contributed by atoms with Gasteiger partial charge in [0.05, 0.1) is 13.2 Å². The van der Waals surface area contributed by atoms with Crippen LogP contribution in [0.25, 0.3) is 0 Å². The summed E-state index contributed by atoms with van der Waals surface area (Å²) in [5, 5.41) is 6.45. The van der Waals surface area contributed by atoms with Crippen molar-refractivity contribution in [3.63, 3.8) is 0 Å². The van der Waals surface area contributed by atoms with E-state index < -0.39 is 0 Å². The van der Waals surface area contributed by atoms with Crippen LogP contribution in [0, 0.1) is 0 Å². The number of nitrogens with one attached hydrogen (secondary N) is 2. The van der Waals surface area contributed by atoms with Crippen molar-refractivity contribution in [3.8, 4) is 0 Å². The van der Waals surface area contributed by atoms with Crippen LogP contribution in [-0.2, 0) is 11.2 Å². The van der Waals surface area contributed by atoms with Crippen LogP contribution in [0.15, 0.2) is 24.3 Å². The zero-order valence-corrected chi connectivity index (χ0v) is 12.9. The Morgan fingerprint density at radius 1 is 1.19 bits per heavy atom. The van der Waals surface area contributed by atoms with Crippen LogP contribution in [0.1, 0.15) is 5.56 Å². The third kappa shape index (κ3) is 5.91. The standard InChI is InChI=1S/C15H22ClN3O2/c16-14-4-2-1-3-13(14)5-6-17-15(20)18-7-8-19-9-11-21-12-10-19/h1-4H,5-12H2,(H2,17,18,20). The Morgan fingerprint density at radius 2 is 1.90 bits per heavy atom. The quantitative estimate of drug-likeness (QED) is 0.837. The maximum Gasteiger partial charge on any atom is 0.314 e. The number of hydrogen-bond acceptors (Lipinski definition) is 3. The molecule has 116 valence electrons. The topological polar surface area (TPSA) is 53.6 Å². The number of rotatable bonds is 6. The van der Waals surface area contributed by atoms with Gasteiger partial charge in [-0.25, -0.2) is 4.79 Å². The lowest BCUT2D eigenvalue weighted by atomic mass is 10.1. The third-order valence-corrected chi connectivity index (χ3v) is 3.82. The minimum atomic E-state index is -0.129. The first-order valence-corrected chi connectivity index (χ1v) is 7.69. The zero-order chi connectivity index (χ0) is 14.9. The van der Waals surface area contributed by atoms with Gasteiger partial charge in [-0.1, -0.05) is 29.8 Å². The number of benzene rings is 1. The zero-order valence-electron chi connectivity index (χ0n) is 12.1. The minimum Gasteiger partial charge on any atom is -0.379 e. The lowest BCUT2D eigenvalue weighted by molar-refractivity contribution is 0.0387. The molecule has 0 unspecified atom stereocenters. The highest BCUT2D eigenvalue weighted by Gasteiger charge is 2.09. The molecule has 2 amide bonds. The first kappa shape index (κ1) is 16.1. The van der Waals surface area contributed by atoms with Crippen LogP contribution in [0.3, 0.4) is 0 Å². The summed E-state index contributed by atoms with van der Waals surface area (Å²) in [6.07, 6.45) is 0.733. The van der Waals surface area contributed by atoms with Crippen molar-refractivity contribution in [2.24, 2.45) is 0 Å². The van der Waals surface area contributed by atoms with Crippen molar-refractivity contribution in [2.45, 2.75) is 6.42 Å². The van der Waals surface area contributed by atoms with E-state index in [1.807, 2.05) is 24.3 Å². The molecule has 2 rings (SSSR count). The molecule has 1 saturated heterocycles. The molecular formula is C15H22ClN3O2. The van der Waals surface area contributed by atoms with E-state index >= 15 is 0 Å². The molecular weight excluding hydrogens is 290 g/mol. The fraction of sp³-hybridized carbons (Fsp3) is 0.533. The van der Waals surface area contributed by atoms with Crippen LogP contribution in [-0.4, -0.2) is 56.9 Å². The van der Waals surface area contributed by atoms with Crippen molar-refractivity contribution < 1.29 is 9.53 Å². The van der Waals surface area contributed by atoms with Gasteiger partial charge in [0.15, 0.2) is 0 Å². The second kappa shape index (κ2) is 8.87. The van der Waals surface area contributed by atoms with Crippen LogP contribution < -0.4 is 10.6 Å². The molecule has 1 aromatic rings. The van der Waals surface area contributed by atoms with Crippen molar-refractivity contribution in [2.75, 3.05) is 45.9 Å². The Kier molecular flexibility index (Phi) is 6.79. The van der Waals surface area contributed by atoms with Gasteiger partial charge in [-0.15, -0.1) is 0 Å². The van der Waals surface area contributed by atoms with Gasteiger partial charge in [-0.05, 0) is 18.1 Å². The summed E-state index contributed by atoms with van der Waals surface area (Å²) in [7, 11) is 0. The maximum absolute atomic E-state index is 11.7. The predicted octanol–water partition coefficient (Wildman–Crippen LogP) is 1.51. The molecule has 1 aromatic carbocycles. The lowest BCUT2D eigenvalue weighted by Gasteiger charge is -2.26. The number of ether oxygens (including phenoxy) is 1. The van der Waals surface area contributed by atoms with Gasteiger partial charge >= 0.3 is 6.03 Å². The Labute approximate surface area is 130 Å². The van der Waals surface area contributed by atoms with E-state index in [-0.39, 0.29) is 6.03 Å². The van der Waals surface area contributed by atoms with Crippen molar-refractivity contribution in [1.82, 2.24) is 15.5 Å². The Bertz CT molecular complexity index is 450. The van der Waals surface area contributed by atoms with E-state index in [2.05, 4.69) is 15.5 Å². The molecule has 1 aliphatic heterocycles. The fourth-order valence-corrected chi connectivity index (χ4v) is 2.46. The summed E-state index contributed by atoms with van der Waals surface area (Å²) in [5.74, 6) is 0. The number of amides is 2. The summed E-state index contributed by atoms with van der Waals surface area (Å²) in [4.78, 5) is 13.9. The average molecular weight is 312 g/mol. The van der Waals surface area contributed by atoms with Gasteiger partial charge in [0.2, 0.25) is 0 Å². The first-order valence-electron chi connectivity index (χ1n) is 7.31. The third-order valence-electron chi connectivity index (χ3n) is 3.46. The summed E-state index contributed by atoms with van der Waals surface area (Å²) in [6, 6.07) is 7.55. The summed E-state index contributed by atoms with van der Waals surface area (Å²) >= 11 is 6.07. The molecule has 21 heavy (non-hydrogen) atoms. The van der Waals surface area contributed by atoms with Gasteiger partial charge in [0, 0.05) is 37.7 Å². The van der Waals surface area contributed by atoms with Crippen molar-refractivity contribution in [1.29, 1.82) is 0 Å². The molecule has 2 N–H and O–H groups in total. The monoisotopic (exact) mass is 311 g/mol. The molecule has 0 atom stereocenters. The summed E-state index contributed by atoms with van der Waals surface area (Å²) in [6.45, 7) is 5.53. The van der Waals surface area contributed by atoms with Gasteiger partial charge < -0.3 is 15.4 Å². The average Bonchev–Trinajstić information content (AvgIpc) is 2.50. The predicted molar refractivity (Wildman–Crippen MR) is 83.8 cm³/mol. The molecule has 0 aromatic heterocycles. The van der Waals surface area contributed by atoms with Crippen LogP contribution >= 0.6 is 11.6 Å². The number of hydrogen-bond donors (Lipinski definition) is 2. The molecule has 0 bridgehead atoms. The van der Waals surface area contributed by atoms with Crippen LogP contribution in [0.5, 0.6) is 0 Å². The molecule has 0 aliphatic carbocycles. The fourth-order valence-electron chi connectivity index (χ4n) is 2.23. The number of halogens is 1. The van der Waals surface area contributed by atoms with Gasteiger partial charge in [-0.3, -0.25) is 4.90 Å². The highest BCUT2D eigenvalue weighted by molar-refractivity contribution is 6.31. The normalized spacial score (nSPS) is 15.7. The Balaban J connectivity index is 1.56. The highest BCUT2D eigenvalue weighted by Crippen LogP contribution is 2.14. The van der Waals surface area contributed by atoms with Crippen LogP contribution in [0.4, 0.5) is 4.79 Å². The molecule has 6 heteroatoms. The van der Waals surface area contributed by atoms with E-state index in [0.717, 1.165) is 49.9 Å². The number of morpholine rings is 1. The number of nitrogens with zero attached hydrogens (tertiary/aromatic N) is 1. The van der Waals surface area contributed by atoms with Crippen molar-refractivity contribution >= 4 is 17.6 Å². The lowest BCUT2D eigenvalue weighted by Crippen LogP contribution is -2.44. The second-order valence-electron chi connectivity index (χ2n) is 4.98. The number of carbonyl (C=O) groups excluding carboxylic acids is 1. The molecule has 5 nitrogen and oxygen atoms in total. The van der Waals surface area contributed by atoms with Gasteiger partial charge in [-0.2, -0.15) is 0 Å². The number of carbonyl (C=O) groups is 1. The van der Waals surface area contributed by atoms with Gasteiger partial charge in [0.1, 0.15) is 0 Å². The van der Waals surface area contributed by atoms with E-state index in [1.54, 1.807) is 0 Å². The van der Waals surface area contributed by atoms with E-state index in [0.29, 0.717) is 13.1 Å². The summed E-state index contributed by atoms with van der Waals surface area (Å²) in [5.41, 5.74) is 1.05. The Hall–Kier alpha value is -1.30. The molecule has 0 saturated carbocycles. The first-order chi connectivity index (χ1) is 10.3. The second-order valence-corrected chi connectivity index (χ2v) is 5.39. The molecule has 0 radical (unpaired) electrons. The van der Waals surface area contributed by atoms with Crippen LogP contribution in [0.2, 0.25) is 5.02 Å².